The Hall–Kier alpha value is -0.420. The molecule has 0 bridgehead atoms. The largest absolute Gasteiger partial charge is 0.248 e. The second kappa shape index (κ2) is 4.45. The molecule has 1 N–H and O–H groups in total. The van der Waals surface area contributed by atoms with Gasteiger partial charge in [-0.3, -0.25) is 0 Å². The van der Waals surface area contributed by atoms with Crippen LogP contribution in [0.4, 0.5) is 0 Å². The van der Waals surface area contributed by atoms with E-state index in [4.69, 9.17) is 4.78 Å². The molecule has 1 aliphatic rings. The maximum Gasteiger partial charge on any atom is 0.123 e. The molecule has 3 nitrogen and oxygen atoms in total. The Labute approximate surface area is 101 Å². The fraction of sp³-hybridized carbons (Fsp3) is 0.727. The van der Waals surface area contributed by atoms with E-state index in [1.807, 2.05) is 0 Å². The first-order valence-electron chi connectivity index (χ1n) is 5.80. The molecule has 90 valence electrons. The number of thiazole rings is 1. The Morgan fingerprint density at radius 3 is 3.00 bits per heavy atom. The van der Waals surface area contributed by atoms with Crippen molar-refractivity contribution in [2.45, 2.75) is 49.7 Å². The first-order chi connectivity index (χ1) is 7.54. The van der Waals surface area contributed by atoms with Gasteiger partial charge in [-0.05, 0) is 19.3 Å². The van der Waals surface area contributed by atoms with Gasteiger partial charge >= 0.3 is 0 Å². The molecule has 0 aliphatic carbocycles. The molecule has 16 heavy (non-hydrogen) atoms. The first kappa shape index (κ1) is 12.0. The van der Waals surface area contributed by atoms with Crippen molar-refractivity contribution >= 4 is 21.1 Å². The predicted octanol–water partition coefficient (Wildman–Crippen LogP) is 3.40. The van der Waals surface area contributed by atoms with E-state index in [0.29, 0.717) is 11.7 Å². The highest BCUT2D eigenvalue weighted by molar-refractivity contribution is 7.94. The lowest BCUT2D eigenvalue weighted by Gasteiger charge is -2.11. The summed E-state index contributed by atoms with van der Waals surface area (Å²) in [7, 11) is -2.51. The second-order valence-corrected chi connectivity index (χ2v) is 7.91. The zero-order valence-corrected chi connectivity index (χ0v) is 11.4. The molecule has 0 saturated carbocycles. The molecule has 5 heteroatoms. The van der Waals surface area contributed by atoms with Gasteiger partial charge in [0.15, 0.2) is 0 Å². The Balaban J connectivity index is 2.36. The maximum absolute atomic E-state index is 12.1. The van der Waals surface area contributed by atoms with E-state index >= 15 is 0 Å². The number of rotatable bonds is 3. The van der Waals surface area contributed by atoms with Crippen molar-refractivity contribution < 1.29 is 4.21 Å². The molecule has 1 aliphatic heterocycles. The highest BCUT2D eigenvalue weighted by Gasteiger charge is 2.26. The lowest BCUT2D eigenvalue weighted by molar-refractivity contribution is 0.653. The SMILES string of the molecule is CCCC(C)c1nc2c(s1)S(=N)(=O)CCC2. The molecule has 2 atom stereocenters. The summed E-state index contributed by atoms with van der Waals surface area (Å²) in [6.45, 7) is 4.33. The molecule has 2 heterocycles. The van der Waals surface area contributed by atoms with Crippen LogP contribution >= 0.6 is 11.3 Å². The number of nitrogens with one attached hydrogen (secondary N) is 1. The number of hydrogen-bond donors (Lipinski definition) is 1. The van der Waals surface area contributed by atoms with Crippen molar-refractivity contribution in [2.24, 2.45) is 0 Å². The Morgan fingerprint density at radius 1 is 1.62 bits per heavy atom. The van der Waals surface area contributed by atoms with Crippen molar-refractivity contribution in [1.82, 2.24) is 4.98 Å². The van der Waals surface area contributed by atoms with E-state index in [2.05, 4.69) is 18.8 Å². The topological polar surface area (TPSA) is 53.8 Å². The van der Waals surface area contributed by atoms with Gasteiger partial charge in [0.05, 0.1) is 20.4 Å². The van der Waals surface area contributed by atoms with Crippen LogP contribution in [-0.2, 0) is 16.1 Å². The molecule has 0 radical (unpaired) electrons. The van der Waals surface area contributed by atoms with Gasteiger partial charge in [0.25, 0.3) is 0 Å². The van der Waals surface area contributed by atoms with E-state index < -0.39 is 9.73 Å². The number of fused-ring (bicyclic) bond motifs is 1. The zero-order chi connectivity index (χ0) is 11.8. The quantitative estimate of drug-likeness (QED) is 0.903. The third kappa shape index (κ3) is 2.15. The molecule has 0 saturated heterocycles. The average Bonchev–Trinajstić information content (AvgIpc) is 2.63. The van der Waals surface area contributed by atoms with Crippen LogP contribution < -0.4 is 0 Å². The predicted molar refractivity (Wildman–Crippen MR) is 67.8 cm³/mol. The van der Waals surface area contributed by atoms with Gasteiger partial charge in [0.2, 0.25) is 0 Å². The Bertz CT molecular complexity index is 476. The summed E-state index contributed by atoms with van der Waals surface area (Å²) >= 11 is 1.52. The number of nitrogens with zero attached hydrogens (tertiary/aromatic N) is 1. The smallest absolute Gasteiger partial charge is 0.123 e. The van der Waals surface area contributed by atoms with Crippen LogP contribution in [0.15, 0.2) is 4.21 Å². The van der Waals surface area contributed by atoms with Gasteiger partial charge in [-0.25, -0.2) is 14.0 Å². The summed E-state index contributed by atoms with van der Waals surface area (Å²) < 4.78 is 20.7. The normalized spacial score (nSPS) is 26.4. The van der Waals surface area contributed by atoms with E-state index in [-0.39, 0.29) is 0 Å². The molecule has 0 spiro atoms. The van der Waals surface area contributed by atoms with Gasteiger partial charge in [-0.1, -0.05) is 20.3 Å². The lowest BCUT2D eigenvalue weighted by Crippen LogP contribution is -2.12. The minimum Gasteiger partial charge on any atom is -0.248 e. The van der Waals surface area contributed by atoms with Crippen LogP contribution in [-0.4, -0.2) is 14.9 Å². The van der Waals surface area contributed by atoms with Crippen molar-refractivity contribution in [3.05, 3.63) is 10.7 Å². The second-order valence-electron chi connectivity index (χ2n) is 4.46. The summed E-state index contributed by atoms with van der Waals surface area (Å²) in [5.41, 5.74) is 0.939. The summed E-state index contributed by atoms with van der Waals surface area (Å²) in [5, 5.41) is 1.08. The van der Waals surface area contributed by atoms with Gasteiger partial charge < -0.3 is 0 Å². The van der Waals surface area contributed by atoms with Crippen molar-refractivity contribution in [3.63, 3.8) is 0 Å². The van der Waals surface area contributed by atoms with Gasteiger partial charge in [0, 0.05) is 11.7 Å². The van der Waals surface area contributed by atoms with Crippen molar-refractivity contribution in [1.29, 1.82) is 4.78 Å². The first-order valence-corrected chi connectivity index (χ1v) is 8.35. The maximum atomic E-state index is 12.1. The molecule has 0 fully saturated rings. The molecular formula is C11H18N2OS2. The monoisotopic (exact) mass is 258 g/mol. The molecule has 0 amide bonds. The fourth-order valence-electron chi connectivity index (χ4n) is 2.07. The third-order valence-electron chi connectivity index (χ3n) is 2.97. The standard InChI is InChI=1S/C11H18N2OS2/c1-3-5-8(2)10-13-9-6-4-7-16(12,14)11(9)15-10/h8,12H,3-7H2,1-2H3. The van der Waals surface area contributed by atoms with Gasteiger partial charge in [-0.15, -0.1) is 11.3 Å². The number of aromatic nitrogens is 1. The highest BCUT2D eigenvalue weighted by Crippen LogP contribution is 2.35. The fourth-order valence-corrected chi connectivity index (χ4v) is 5.31. The average molecular weight is 258 g/mol. The van der Waals surface area contributed by atoms with E-state index in [9.17, 15) is 4.21 Å². The summed E-state index contributed by atoms with van der Waals surface area (Å²) in [5.74, 6) is 0.958. The lowest BCUT2D eigenvalue weighted by atomic mass is 10.1. The number of hydrogen-bond acceptors (Lipinski definition) is 4. The summed E-state index contributed by atoms with van der Waals surface area (Å²) in [6, 6.07) is 0. The van der Waals surface area contributed by atoms with Crippen LogP contribution in [0, 0.1) is 4.78 Å². The van der Waals surface area contributed by atoms with E-state index in [1.54, 1.807) is 0 Å². The molecule has 1 aromatic rings. The summed E-state index contributed by atoms with van der Waals surface area (Å²) in [6.07, 6.45) is 4.01. The molecule has 2 unspecified atom stereocenters. The molecule has 0 aromatic carbocycles. The van der Waals surface area contributed by atoms with Crippen LogP contribution in [0.25, 0.3) is 0 Å². The van der Waals surface area contributed by atoms with E-state index in [1.165, 1.54) is 11.3 Å². The van der Waals surface area contributed by atoms with Crippen molar-refractivity contribution in [2.75, 3.05) is 5.75 Å². The number of aryl methyl sites for hydroxylation is 1. The Morgan fingerprint density at radius 2 is 2.38 bits per heavy atom. The third-order valence-corrected chi connectivity index (χ3v) is 6.85. The minimum atomic E-state index is -2.51. The molecule has 2 rings (SSSR count). The zero-order valence-electron chi connectivity index (χ0n) is 9.78. The van der Waals surface area contributed by atoms with Gasteiger partial charge in [0.1, 0.15) is 4.21 Å². The highest BCUT2D eigenvalue weighted by atomic mass is 32.2. The molecule has 1 aromatic heterocycles. The van der Waals surface area contributed by atoms with Gasteiger partial charge in [-0.2, -0.15) is 0 Å². The summed E-state index contributed by atoms with van der Waals surface area (Å²) in [4.78, 5) is 4.58. The van der Waals surface area contributed by atoms with E-state index in [0.717, 1.165) is 40.6 Å². The minimum absolute atomic E-state index is 0.441. The Kier molecular flexibility index (Phi) is 3.35. The van der Waals surface area contributed by atoms with Crippen LogP contribution in [0.1, 0.15) is 49.7 Å². The van der Waals surface area contributed by atoms with Crippen LogP contribution in [0.3, 0.4) is 0 Å². The van der Waals surface area contributed by atoms with Crippen LogP contribution in [0.5, 0.6) is 0 Å². The van der Waals surface area contributed by atoms with Crippen molar-refractivity contribution in [3.8, 4) is 0 Å². The molecular weight excluding hydrogens is 240 g/mol. The van der Waals surface area contributed by atoms with Crippen LogP contribution in [0.2, 0.25) is 0 Å².